The van der Waals surface area contributed by atoms with E-state index in [1.54, 1.807) is 0 Å². The van der Waals surface area contributed by atoms with Gasteiger partial charge in [0.05, 0.1) is 28.5 Å². The van der Waals surface area contributed by atoms with Crippen molar-refractivity contribution in [2.75, 3.05) is 0 Å². The third kappa shape index (κ3) is 2.37. The van der Waals surface area contributed by atoms with E-state index in [0.29, 0.717) is 10.9 Å². The average Bonchev–Trinajstić information content (AvgIpc) is 2.46. The van der Waals surface area contributed by atoms with Gasteiger partial charge < -0.3 is 4.98 Å². The topological polar surface area (TPSA) is 58.6 Å². The molecular formula is C14H8F3N3O. The van der Waals surface area contributed by atoms with Gasteiger partial charge in [-0.3, -0.25) is 9.78 Å². The van der Waals surface area contributed by atoms with Crippen LogP contribution >= 0.6 is 0 Å². The number of nitrogens with zero attached hydrogens (tertiary/aromatic N) is 2. The second-order valence-corrected chi connectivity index (χ2v) is 4.36. The Bertz CT molecular complexity index is 871. The van der Waals surface area contributed by atoms with Gasteiger partial charge in [0.25, 0.3) is 5.56 Å². The number of H-pyrrole nitrogens is 1. The molecule has 0 aliphatic heterocycles. The number of pyridine rings is 1. The molecule has 21 heavy (non-hydrogen) atoms. The van der Waals surface area contributed by atoms with Crippen LogP contribution in [0.1, 0.15) is 5.56 Å². The zero-order chi connectivity index (χ0) is 15.0. The van der Waals surface area contributed by atoms with Crippen LogP contribution in [-0.4, -0.2) is 15.0 Å². The number of halogens is 3. The fourth-order valence-electron chi connectivity index (χ4n) is 2.08. The number of rotatable bonds is 1. The Labute approximate surface area is 116 Å². The minimum absolute atomic E-state index is 0.186. The van der Waals surface area contributed by atoms with Gasteiger partial charge >= 0.3 is 6.18 Å². The number of hydrogen-bond acceptors (Lipinski definition) is 3. The highest BCUT2D eigenvalue weighted by Gasteiger charge is 2.34. The molecule has 0 amide bonds. The Morgan fingerprint density at radius 2 is 1.90 bits per heavy atom. The van der Waals surface area contributed by atoms with Crippen LogP contribution in [0.2, 0.25) is 0 Å². The van der Waals surface area contributed by atoms with Crippen LogP contribution in [0.15, 0.2) is 47.7 Å². The SMILES string of the molecule is O=c1[nH]cnc2cc(-c3ncccc3C(F)(F)F)ccc12. The van der Waals surface area contributed by atoms with Gasteiger partial charge in [0.15, 0.2) is 0 Å². The van der Waals surface area contributed by atoms with Crippen molar-refractivity contribution in [2.24, 2.45) is 0 Å². The normalized spacial score (nSPS) is 11.8. The number of aromatic amines is 1. The largest absolute Gasteiger partial charge is 0.418 e. The molecule has 1 aromatic carbocycles. The molecule has 0 saturated carbocycles. The molecule has 0 aliphatic carbocycles. The molecule has 3 aromatic rings. The molecule has 2 aromatic heterocycles. The smallest absolute Gasteiger partial charge is 0.313 e. The molecule has 106 valence electrons. The van der Waals surface area contributed by atoms with Gasteiger partial charge in [-0.05, 0) is 24.3 Å². The molecule has 0 spiro atoms. The van der Waals surface area contributed by atoms with E-state index in [0.717, 1.165) is 6.07 Å². The van der Waals surface area contributed by atoms with Crippen molar-refractivity contribution in [1.29, 1.82) is 0 Å². The maximum atomic E-state index is 13.0. The van der Waals surface area contributed by atoms with Crippen LogP contribution in [0.25, 0.3) is 22.2 Å². The summed E-state index contributed by atoms with van der Waals surface area (Å²) in [4.78, 5) is 21.7. The molecule has 0 bridgehead atoms. The van der Waals surface area contributed by atoms with E-state index in [2.05, 4.69) is 15.0 Å². The fraction of sp³-hybridized carbons (Fsp3) is 0.0714. The minimum atomic E-state index is -4.50. The van der Waals surface area contributed by atoms with E-state index in [1.807, 2.05) is 0 Å². The van der Waals surface area contributed by atoms with Crippen molar-refractivity contribution in [3.8, 4) is 11.3 Å². The van der Waals surface area contributed by atoms with E-state index < -0.39 is 11.7 Å². The number of hydrogen-bond donors (Lipinski definition) is 1. The second-order valence-electron chi connectivity index (χ2n) is 4.36. The van der Waals surface area contributed by atoms with Crippen LogP contribution in [0, 0.1) is 0 Å². The molecule has 4 nitrogen and oxygen atoms in total. The van der Waals surface area contributed by atoms with Gasteiger partial charge in [-0.25, -0.2) is 4.98 Å². The van der Waals surface area contributed by atoms with Crippen molar-refractivity contribution in [3.63, 3.8) is 0 Å². The summed E-state index contributed by atoms with van der Waals surface area (Å²) in [7, 11) is 0. The highest BCUT2D eigenvalue weighted by molar-refractivity contribution is 5.83. The van der Waals surface area contributed by atoms with Crippen LogP contribution in [0.5, 0.6) is 0 Å². The zero-order valence-electron chi connectivity index (χ0n) is 10.5. The Morgan fingerprint density at radius 3 is 2.67 bits per heavy atom. The van der Waals surface area contributed by atoms with E-state index in [4.69, 9.17) is 0 Å². The second kappa shape index (κ2) is 4.69. The van der Waals surface area contributed by atoms with Gasteiger partial charge in [0.1, 0.15) is 0 Å². The maximum absolute atomic E-state index is 13.0. The summed E-state index contributed by atoms with van der Waals surface area (Å²) in [6.07, 6.45) is -2.00. The first-order valence-electron chi connectivity index (χ1n) is 5.97. The van der Waals surface area contributed by atoms with Crippen LogP contribution in [0.4, 0.5) is 13.2 Å². The predicted molar refractivity (Wildman–Crippen MR) is 70.6 cm³/mol. The van der Waals surface area contributed by atoms with E-state index in [9.17, 15) is 18.0 Å². The van der Waals surface area contributed by atoms with Crippen LogP contribution in [0.3, 0.4) is 0 Å². The summed E-state index contributed by atoms with van der Waals surface area (Å²) in [5.41, 5.74) is -0.782. The van der Waals surface area contributed by atoms with Crippen molar-refractivity contribution in [3.05, 3.63) is 58.8 Å². The Morgan fingerprint density at radius 1 is 1.10 bits per heavy atom. The van der Waals surface area contributed by atoms with Gasteiger partial charge in [0, 0.05) is 11.8 Å². The third-order valence-corrected chi connectivity index (χ3v) is 3.03. The molecule has 0 atom stereocenters. The lowest BCUT2D eigenvalue weighted by atomic mass is 10.0. The van der Waals surface area contributed by atoms with E-state index in [1.165, 1.54) is 36.8 Å². The van der Waals surface area contributed by atoms with Crippen molar-refractivity contribution in [2.45, 2.75) is 6.18 Å². The average molecular weight is 291 g/mol. The van der Waals surface area contributed by atoms with Crippen molar-refractivity contribution < 1.29 is 13.2 Å². The van der Waals surface area contributed by atoms with Gasteiger partial charge in [-0.1, -0.05) is 6.07 Å². The maximum Gasteiger partial charge on any atom is 0.418 e. The molecule has 3 rings (SSSR count). The number of benzene rings is 1. The first kappa shape index (κ1) is 13.3. The minimum Gasteiger partial charge on any atom is -0.313 e. The molecule has 1 N–H and O–H groups in total. The third-order valence-electron chi connectivity index (χ3n) is 3.03. The predicted octanol–water partition coefficient (Wildman–Crippen LogP) is 3.00. The zero-order valence-corrected chi connectivity index (χ0v) is 10.5. The van der Waals surface area contributed by atoms with Gasteiger partial charge in [-0.15, -0.1) is 0 Å². The van der Waals surface area contributed by atoms with E-state index in [-0.39, 0.29) is 16.8 Å². The molecule has 2 heterocycles. The van der Waals surface area contributed by atoms with Crippen LogP contribution < -0.4 is 5.56 Å². The number of nitrogens with one attached hydrogen (secondary N) is 1. The lowest BCUT2D eigenvalue weighted by Gasteiger charge is -2.11. The summed E-state index contributed by atoms with van der Waals surface area (Å²) in [5, 5.41) is 0.311. The summed E-state index contributed by atoms with van der Waals surface area (Å²) >= 11 is 0. The quantitative estimate of drug-likeness (QED) is 0.749. The first-order chi connectivity index (χ1) is 9.97. The Kier molecular flexibility index (Phi) is 2.97. The highest BCUT2D eigenvalue weighted by Crippen LogP contribution is 2.35. The fourth-order valence-corrected chi connectivity index (χ4v) is 2.08. The van der Waals surface area contributed by atoms with Crippen LogP contribution in [-0.2, 0) is 6.18 Å². The van der Waals surface area contributed by atoms with E-state index >= 15 is 0 Å². The summed E-state index contributed by atoms with van der Waals surface area (Å²) in [5.74, 6) is 0. The first-order valence-corrected chi connectivity index (χ1v) is 5.97. The molecule has 0 radical (unpaired) electrons. The summed E-state index contributed by atoms with van der Waals surface area (Å²) < 4.78 is 39.0. The summed E-state index contributed by atoms with van der Waals surface area (Å²) in [6.45, 7) is 0. The lowest BCUT2D eigenvalue weighted by Crippen LogP contribution is -2.09. The lowest BCUT2D eigenvalue weighted by molar-refractivity contribution is -0.137. The monoisotopic (exact) mass is 291 g/mol. The van der Waals surface area contributed by atoms with Crippen molar-refractivity contribution in [1.82, 2.24) is 15.0 Å². The molecular weight excluding hydrogens is 283 g/mol. The highest BCUT2D eigenvalue weighted by atomic mass is 19.4. The number of aromatic nitrogens is 3. The number of fused-ring (bicyclic) bond motifs is 1. The molecule has 0 fully saturated rings. The molecule has 0 unspecified atom stereocenters. The van der Waals surface area contributed by atoms with Gasteiger partial charge in [-0.2, -0.15) is 13.2 Å². The molecule has 0 saturated heterocycles. The summed E-state index contributed by atoms with van der Waals surface area (Å²) in [6, 6.07) is 6.48. The Hall–Kier alpha value is -2.70. The standard InChI is InChI=1S/C14H8F3N3O/c15-14(16,17)10-2-1-5-18-12(10)8-3-4-9-11(6-8)19-7-20-13(9)21/h1-7H,(H,19,20,21). The Balaban J connectivity index is 2.25. The van der Waals surface area contributed by atoms with Crippen molar-refractivity contribution >= 4 is 10.9 Å². The number of alkyl halides is 3. The van der Waals surface area contributed by atoms with Gasteiger partial charge in [0.2, 0.25) is 0 Å². The molecule has 7 heteroatoms. The molecule has 0 aliphatic rings.